The molecule has 0 N–H and O–H groups in total. The predicted octanol–water partition coefficient (Wildman–Crippen LogP) is 1.57. The van der Waals surface area contributed by atoms with E-state index in [9.17, 15) is 9.59 Å². The number of esters is 1. The summed E-state index contributed by atoms with van der Waals surface area (Å²) >= 11 is 0. The fourth-order valence-corrected chi connectivity index (χ4v) is 2.61. The van der Waals surface area contributed by atoms with Crippen molar-refractivity contribution in [2.45, 2.75) is 33.1 Å². The lowest BCUT2D eigenvalue weighted by Gasteiger charge is -2.31. The van der Waals surface area contributed by atoms with Crippen LogP contribution in [0.2, 0.25) is 0 Å². The van der Waals surface area contributed by atoms with E-state index in [0.717, 1.165) is 12.8 Å². The number of hydrogen-bond acceptors (Lipinski definition) is 5. The van der Waals surface area contributed by atoms with Gasteiger partial charge < -0.3 is 14.2 Å². The maximum atomic E-state index is 12.6. The quantitative estimate of drug-likeness (QED) is 0.786. The van der Waals surface area contributed by atoms with E-state index in [1.807, 2.05) is 6.92 Å². The van der Waals surface area contributed by atoms with E-state index in [-0.39, 0.29) is 17.8 Å². The molecule has 1 atom stereocenters. The molecule has 6 heteroatoms. The Bertz CT molecular complexity index is 509. The van der Waals surface area contributed by atoms with Crippen LogP contribution in [0.5, 0.6) is 0 Å². The van der Waals surface area contributed by atoms with E-state index in [1.165, 1.54) is 7.11 Å². The predicted molar refractivity (Wildman–Crippen MR) is 71.3 cm³/mol. The summed E-state index contributed by atoms with van der Waals surface area (Å²) in [7, 11) is 1.38. The summed E-state index contributed by atoms with van der Waals surface area (Å²) in [4.78, 5) is 25.9. The molecule has 0 saturated carbocycles. The van der Waals surface area contributed by atoms with Gasteiger partial charge in [0, 0.05) is 13.1 Å². The highest BCUT2D eigenvalue weighted by Crippen LogP contribution is 2.22. The monoisotopic (exact) mass is 280 g/mol. The van der Waals surface area contributed by atoms with Gasteiger partial charge in [-0.3, -0.25) is 9.59 Å². The highest BCUT2D eigenvalue weighted by atomic mass is 16.5. The van der Waals surface area contributed by atoms with Gasteiger partial charge in [0.15, 0.2) is 0 Å². The lowest BCUT2D eigenvalue weighted by atomic mass is 9.97. The van der Waals surface area contributed by atoms with Crippen molar-refractivity contribution in [3.8, 4) is 0 Å². The molecule has 110 valence electrons. The Labute approximate surface area is 118 Å². The molecule has 1 aliphatic heterocycles. The van der Waals surface area contributed by atoms with Crippen molar-refractivity contribution in [2.24, 2.45) is 5.92 Å². The summed E-state index contributed by atoms with van der Waals surface area (Å²) in [6, 6.07) is 0. The van der Waals surface area contributed by atoms with Crippen LogP contribution in [0.3, 0.4) is 0 Å². The molecule has 1 aromatic rings. The third-order valence-corrected chi connectivity index (χ3v) is 3.73. The Kier molecular flexibility index (Phi) is 4.42. The van der Waals surface area contributed by atoms with Crippen LogP contribution in [0.1, 0.15) is 41.6 Å². The van der Waals surface area contributed by atoms with Crippen LogP contribution >= 0.6 is 0 Å². The standard InChI is InChI=1S/C14H20N2O4/c1-4-11-12(9(2)20-15-11)13(17)16-7-5-6-10(8-16)14(18)19-3/h10H,4-8H2,1-3H3. The fourth-order valence-electron chi connectivity index (χ4n) is 2.61. The summed E-state index contributed by atoms with van der Waals surface area (Å²) in [6.07, 6.45) is 2.21. The van der Waals surface area contributed by atoms with Crippen molar-refractivity contribution < 1.29 is 18.8 Å². The van der Waals surface area contributed by atoms with Gasteiger partial charge in [-0.2, -0.15) is 0 Å². The second-order valence-corrected chi connectivity index (χ2v) is 5.03. The molecule has 1 aliphatic rings. The van der Waals surface area contributed by atoms with Crippen LogP contribution in [0.15, 0.2) is 4.52 Å². The van der Waals surface area contributed by atoms with Gasteiger partial charge in [0.2, 0.25) is 0 Å². The fraction of sp³-hybridized carbons (Fsp3) is 0.643. The zero-order chi connectivity index (χ0) is 14.7. The number of rotatable bonds is 3. The van der Waals surface area contributed by atoms with Gasteiger partial charge in [-0.15, -0.1) is 0 Å². The van der Waals surface area contributed by atoms with E-state index in [2.05, 4.69) is 5.16 Å². The minimum atomic E-state index is -0.250. The lowest BCUT2D eigenvalue weighted by molar-refractivity contribution is -0.146. The first-order valence-corrected chi connectivity index (χ1v) is 6.90. The van der Waals surface area contributed by atoms with E-state index >= 15 is 0 Å². The van der Waals surface area contributed by atoms with Crippen LogP contribution in [-0.4, -0.2) is 42.1 Å². The van der Waals surface area contributed by atoms with Crippen LogP contribution in [-0.2, 0) is 16.0 Å². The number of carbonyl (C=O) groups excluding carboxylic acids is 2. The first kappa shape index (κ1) is 14.6. The summed E-state index contributed by atoms with van der Waals surface area (Å²) in [5, 5.41) is 3.91. The van der Waals surface area contributed by atoms with Crippen molar-refractivity contribution >= 4 is 11.9 Å². The molecular formula is C14H20N2O4. The van der Waals surface area contributed by atoms with Crippen LogP contribution in [0.4, 0.5) is 0 Å². The number of nitrogens with zero attached hydrogens (tertiary/aromatic N) is 2. The van der Waals surface area contributed by atoms with Gasteiger partial charge in [0.25, 0.3) is 5.91 Å². The van der Waals surface area contributed by atoms with Crippen molar-refractivity contribution in [1.29, 1.82) is 0 Å². The van der Waals surface area contributed by atoms with Crippen LogP contribution in [0.25, 0.3) is 0 Å². The molecule has 0 spiro atoms. The average molecular weight is 280 g/mol. The Balaban J connectivity index is 2.16. The molecule has 6 nitrogen and oxygen atoms in total. The number of likely N-dealkylation sites (tertiary alicyclic amines) is 1. The van der Waals surface area contributed by atoms with Gasteiger partial charge in [-0.1, -0.05) is 12.1 Å². The summed E-state index contributed by atoms with van der Waals surface area (Å²) < 4.78 is 9.87. The molecule has 1 fully saturated rings. The van der Waals surface area contributed by atoms with Gasteiger partial charge in [-0.05, 0) is 26.2 Å². The molecular weight excluding hydrogens is 260 g/mol. The zero-order valence-corrected chi connectivity index (χ0v) is 12.1. The number of amides is 1. The van der Waals surface area contributed by atoms with E-state index in [4.69, 9.17) is 9.26 Å². The summed E-state index contributed by atoms with van der Waals surface area (Å²) in [5.74, 6) is -0.0514. The molecule has 0 aromatic carbocycles. The Morgan fingerprint density at radius 3 is 2.90 bits per heavy atom. The van der Waals surface area contributed by atoms with Crippen molar-refractivity contribution in [1.82, 2.24) is 10.1 Å². The molecule has 20 heavy (non-hydrogen) atoms. The van der Waals surface area contributed by atoms with Crippen molar-refractivity contribution in [3.05, 3.63) is 17.0 Å². The van der Waals surface area contributed by atoms with Gasteiger partial charge in [-0.25, -0.2) is 0 Å². The maximum absolute atomic E-state index is 12.6. The molecule has 1 aromatic heterocycles. The molecule has 0 bridgehead atoms. The largest absolute Gasteiger partial charge is 0.469 e. The average Bonchev–Trinajstić information content (AvgIpc) is 2.86. The smallest absolute Gasteiger partial charge is 0.310 e. The number of methoxy groups -OCH3 is 1. The summed E-state index contributed by atoms with van der Waals surface area (Å²) in [6.45, 7) is 4.72. The molecule has 0 aliphatic carbocycles. The lowest BCUT2D eigenvalue weighted by Crippen LogP contribution is -2.43. The van der Waals surface area contributed by atoms with Gasteiger partial charge in [0.05, 0.1) is 18.7 Å². The van der Waals surface area contributed by atoms with Crippen molar-refractivity contribution in [3.63, 3.8) is 0 Å². The zero-order valence-electron chi connectivity index (χ0n) is 12.1. The number of piperidine rings is 1. The molecule has 2 heterocycles. The SMILES string of the molecule is CCc1noc(C)c1C(=O)N1CCCC(C(=O)OC)C1. The molecule has 1 amide bonds. The second kappa shape index (κ2) is 6.07. The first-order valence-electron chi connectivity index (χ1n) is 6.90. The maximum Gasteiger partial charge on any atom is 0.310 e. The first-order chi connectivity index (χ1) is 9.58. The molecule has 1 saturated heterocycles. The minimum Gasteiger partial charge on any atom is -0.469 e. The second-order valence-electron chi connectivity index (χ2n) is 5.03. The Morgan fingerprint density at radius 1 is 1.50 bits per heavy atom. The Hall–Kier alpha value is -1.85. The van der Waals surface area contributed by atoms with Crippen LogP contribution in [0, 0.1) is 12.8 Å². The molecule has 0 radical (unpaired) electrons. The normalized spacial score (nSPS) is 18.9. The summed E-state index contributed by atoms with van der Waals surface area (Å²) in [5.41, 5.74) is 1.21. The number of carbonyl (C=O) groups is 2. The number of ether oxygens (including phenoxy) is 1. The molecule has 2 rings (SSSR count). The van der Waals surface area contributed by atoms with Gasteiger partial charge in [0.1, 0.15) is 11.3 Å². The minimum absolute atomic E-state index is 0.103. The van der Waals surface area contributed by atoms with Crippen LogP contribution < -0.4 is 0 Å². The van der Waals surface area contributed by atoms with Gasteiger partial charge >= 0.3 is 5.97 Å². The van der Waals surface area contributed by atoms with Crippen molar-refractivity contribution in [2.75, 3.05) is 20.2 Å². The number of aryl methyl sites for hydroxylation is 2. The highest BCUT2D eigenvalue weighted by molar-refractivity contribution is 5.96. The third-order valence-electron chi connectivity index (χ3n) is 3.73. The third kappa shape index (κ3) is 2.69. The van der Waals surface area contributed by atoms with E-state index in [0.29, 0.717) is 36.5 Å². The topological polar surface area (TPSA) is 72.6 Å². The van der Waals surface area contributed by atoms with E-state index < -0.39 is 0 Å². The Morgan fingerprint density at radius 2 is 2.25 bits per heavy atom. The van der Waals surface area contributed by atoms with E-state index in [1.54, 1.807) is 11.8 Å². The molecule has 1 unspecified atom stereocenters. The highest BCUT2D eigenvalue weighted by Gasteiger charge is 2.32. The number of aromatic nitrogens is 1. The number of hydrogen-bond donors (Lipinski definition) is 0.